The normalized spacial score (nSPS) is 11.0. The highest BCUT2D eigenvalue weighted by molar-refractivity contribution is 14.0. The lowest BCUT2D eigenvalue weighted by Gasteiger charge is -2.12. The molecule has 7 heteroatoms. The number of halogens is 2. The van der Waals surface area contributed by atoms with Crippen molar-refractivity contribution in [3.05, 3.63) is 53.2 Å². The second-order valence-electron chi connectivity index (χ2n) is 4.93. The maximum absolute atomic E-state index is 13.1. The first-order valence-electron chi connectivity index (χ1n) is 7.35. The van der Waals surface area contributed by atoms with Gasteiger partial charge in [0.1, 0.15) is 17.8 Å². The Kier molecular flexibility index (Phi) is 8.60. The number of hydrogen-bond acceptors (Lipinski definition) is 3. The van der Waals surface area contributed by atoms with Crippen LogP contribution in [0.4, 0.5) is 4.39 Å². The van der Waals surface area contributed by atoms with Crippen LogP contribution in [0.1, 0.15) is 23.7 Å². The Labute approximate surface area is 152 Å². The van der Waals surface area contributed by atoms with E-state index in [1.165, 1.54) is 12.3 Å². The summed E-state index contributed by atoms with van der Waals surface area (Å²) < 4.78 is 17.9. The van der Waals surface area contributed by atoms with Crippen molar-refractivity contribution in [1.29, 1.82) is 0 Å². The van der Waals surface area contributed by atoms with Gasteiger partial charge in [-0.1, -0.05) is 11.2 Å². The highest BCUT2D eigenvalue weighted by atomic mass is 127. The molecule has 0 aliphatic carbocycles. The molecule has 0 saturated heterocycles. The van der Waals surface area contributed by atoms with E-state index in [2.05, 4.69) is 20.8 Å². The van der Waals surface area contributed by atoms with Crippen LogP contribution in [0.25, 0.3) is 0 Å². The Hall–Kier alpha value is -1.64. The summed E-state index contributed by atoms with van der Waals surface area (Å²) in [5.41, 5.74) is 2.87. The van der Waals surface area contributed by atoms with Gasteiger partial charge in [0.15, 0.2) is 5.96 Å². The summed E-state index contributed by atoms with van der Waals surface area (Å²) in [4.78, 5) is 4.44. The van der Waals surface area contributed by atoms with Crippen LogP contribution in [-0.4, -0.2) is 24.2 Å². The van der Waals surface area contributed by atoms with Crippen LogP contribution < -0.4 is 10.6 Å². The van der Waals surface area contributed by atoms with Crippen LogP contribution in [0, 0.1) is 12.7 Å². The van der Waals surface area contributed by atoms with Crippen molar-refractivity contribution in [3.63, 3.8) is 0 Å². The zero-order chi connectivity index (χ0) is 15.8. The van der Waals surface area contributed by atoms with Crippen LogP contribution in [-0.2, 0) is 13.0 Å². The summed E-state index contributed by atoms with van der Waals surface area (Å²) in [6, 6.07) is 6.66. The molecule has 1 aromatic heterocycles. The van der Waals surface area contributed by atoms with E-state index < -0.39 is 0 Å². The monoisotopic (exact) mass is 432 g/mol. The third-order valence-corrected chi connectivity index (χ3v) is 3.23. The fourth-order valence-corrected chi connectivity index (χ4v) is 2.08. The van der Waals surface area contributed by atoms with Crippen LogP contribution in [0.5, 0.6) is 0 Å². The summed E-state index contributed by atoms with van der Waals surface area (Å²) in [7, 11) is 0. The SMILES string of the molecule is CCNC(=NCc1ccon1)NCCc1ccc(F)cc1C.I. The molecule has 0 unspecified atom stereocenters. The molecule has 0 fully saturated rings. The van der Waals surface area contributed by atoms with Crippen LogP contribution in [0.15, 0.2) is 40.0 Å². The van der Waals surface area contributed by atoms with Crippen LogP contribution in [0.3, 0.4) is 0 Å². The fraction of sp³-hybridized carbons (Fsp3) is 0.375. The first-order chi connectivity index (χ1) is 10.7. The summed E-state index contributed by atoms with van der Waals surface area (Å²) in [5, 5.41) is 10.3. The zero-order valence-electron chi connectivity index (χ0n) is 13.3. The van der Waals surface area contributed by atoms with Crippen molar-refractivity contribution in [3.8, 4) is 0 Å². The molecule has 0 radical (unpaired) electrons. The number of nitrogens with one attached hydrogen (secondary N) is 2. The average Bonchev–Trinajstić information content (AvgIpc) is 3.00. The third-order valence-electron chi connectivity index (χ3n) is 3.23. The molecular formula is C16H22FIN4O. The number of aryl methyl sites for hydroxylation is 1. The van der Waals surface area contributed by atoms with E-state index in [-0.39, 0.29) is 29.8 Å². The molecule has 0 saturated carbocycles. The Morgan fingerprint density at radius 3 is 2.78 bits per heavy atom. The molecule has 0 atom stereocenters. The summed E-state index contributed by atoms with van der Waals surface area (Å²) in [5.74, 6) is 0.530. The van der Waals surface area contributed by atoms with E-state index in [0.717, 1.165) is 42.3 Å². The smallest absolute Gasteiger partial charge is 0.191 e. The molecule has 23 heavy (non-hydrogen) atoms. The molecule has 1 heterocycles. The third kappa shape index (κ3) is 6.55. The molecule has 5 nitrogen and oxygen atoms in total. The molecule has 2 N–H and O–H groups in total. The second-order valence-corrected chi connectivity index (χ2v) is 4.93. The minimum absolute atomic E-state index is 0. The minimum atomic E-state index is -0.197. The molecular weight excluding hydrogens is 410 g/mol. The molecule has 0 aliphatic heterocycles. The topological polar surface area (TPSA) is 62.5 Å². The molecule has 0 bridgehead atoms. The summed E-state index contributed by atoms with van der Waals surface area (Å²) in [6.45, 7) is 5.89. The number of guanidine groups is 1. The van der Waals surface area contributed by atoms with Crippen molar-refractivity contribution in [2.75, 3.05) is 13.1 Å². The van der Waals surface area contributed by atoms with Crippen molar-refractivity contribution in [2.24, 2.45) is 4.99 Å². The molecule has 2 aromatic rings. The zero-order valence-corrected chi connectivity index (χ0v) is 15.6. The molecule has 0 amide bonds. The minimum Gasteiger partial charge on any atom is -0.364 e. The van der Waals surface area contributed by atoms with Gasteiger partial charge in [-0.15, -0.1) is 24.0 Å². The lowest BCUT2D eigenvalue weighted by atomic mass is 10.1. The van der Waals surface area contributed by atoms with E-state index >= 15 is 0 Å². The van der Waals surface area contributed by atoms with Gasteiger partial charge >= 0.3 is 0 Å². The van der Waals surface area contributed by atoms with E-state index in [0.29, 0.717) is 6.54 Å². The van der Waals surface area contributed by atoms with Gasteiger partial charge in [0, 0.05) is 19.2 Å². The second kappa shape index (κ2) is 10.2. The lowest BCUT2D eigenvalue weighted by Crippen LogP contribution is -2.38. The molecule has 1 aromatic carbocycles. The Morgan fingerprint density at radius 2 is 2.13 bits per heavy atom. The van der Waals surface area contributed by atoms with E-state index in [1.807, 2.05) is 19.9 Å². The van der Waals surface area contributed by atoms with Gasteiger partial charge in [0.05, 0.1) is 6.54 Å². The standard InChI is InChI=1S/C16H21FN4O.HI/c1-3-18-16(20-11-15-7-9-22-21-15)19-8-6-13-4-5-14(17)10-12(13)2;/h4-5,7,9-10H,3,6,8,11H2,1-2H3,(H2,18,19,20);1H. The Bertz CT molecular complexity index is 617. The fourth-order valence-electron chi connectivity index (χ4n) is 2.08. The maximum atomic E-state index is 13.1. The van der Waals surface area contributed by atoms with Gasteiger partial charge in [-0.3, -0.25) is 0 Å². The molecule has 2 rings (SSSR count). The summed E-state index contributed by atoms with van der Waals surface area (Å²) in [6.07, 6.45) is 2.34. The van der Waals surface area contributed by atoms with E-state index in [4.69, 9.17) is 4.52 Å². The highest BCUT2D eigenvalue weighted by Gasteiger charge is 2.02. The van der Waals surface area contributed by atoms with Gasteiger partial charge in [-0.25, -0.2) is 9.38 Å². The van der Waals surface area contributed by atoms with Crippen molar-refractivity contribution in [2.45, 2.75) is 26.8 Å². The molecule has 0 aliphatic rings. The van der Waals surface area contributed by atoms with Gasteiger partial charge in [-0.05, 0) is 43.5 Å². The highest BCUT2D eigenvalue weighted by Crippen LogP contribution is 2.10. The Balaban J connectivity index is 0.00000264. The predicted octanol–water partition coefficient (Wildman–Crippen LogP) is 3.04. The average molecular weight is 432 g/mol. The number of nitrogens with zero attached hydrogens (tertiary/aromatic N) is 2. The van der Waals surface area contributed by atoms with Gasteiger partial charge in [0.25, 0.3) is 0 Å². The quantitative estimate of drug-likeness (QED) is 0.419. The van der Waals surface area contributed by atoms with Crippen molar-refractivity contribution in [1.82, 2.24) is 15.8 Å². The lowest BCUT2D eigenvalue weighted by molar-refractivity contribution is 0.412. The van der Waals surface area contributed by atoms with E-state index in [1.54, 1.807) is 12.1 Å². The largest absolute Gasteiger partial charge is 0.364 e. The number of aromatic nitrogens is 1. The first kappa shape index (κ1) is 19.4. The predicted molar refractivity (Wildman–Crippen MR) is 99.6 cm³/mol. The Morgan fingerprint density at radius 1 is 1.30 bits per heavy atom. The van der Waals surface area contributed by atoms with Crippen molar-refractivity contribution >= 4 is 29.9 Å². The van der Waals surface area contributed by atoms with Gasteiger partial charge < -0.3 is 15.2 Å². The number of aliphatic imine (C=N–C) groups is 1. The van der Waals surface area contributed by atoms with Gasteiger partial charge in [-0.2, -0.15) is 0 Å². The van der Waals surface area contributed by atoms with Crippen LogP contribution >= 0.6 is 24.0 Å². The number of rotatable bonds is 6. The number of hydrogen-bond donors (Lipinski definition) is 2. The molecule has 0 spiro atoms. The van der Waals surface area contributed by atoms with Crippen LogP contribution in [0.2, 0.25) is 0 Å². The number of benzene rings is 1. The maximum Gasteiger partial charge on any atom is 0.191 e. The van der Waals surface area contributed by atoms with Crippen molar-refractivity contribution < 1.29 is 8.91 Å². The van der Waals surface area contributed by atoms with E-state index in [9.17, 15) is 4.39 Å². The molecule has 126 valence electrons. The first-order valence-corrected chi connectivity index (χ1v) is 7.35. The van der Waals surface area contributed by atoms with Gasteiger partial charge in [0.2, 0.25) is 0 Å². The summed E-state index contributed by atoms with van der Waals surface area (Å²) >= 11 is 0.